The molecule has 0 atom stereocenters. The molecule has 0 spiro atoms. The third kappa shape index (κ3) is 1.05. The second-order valence-corrected chi connectivity index (χ2v) is 1.96. The van der Waals surface area contributed by atoms with Crippen molar-refractivity contribution in [1.82, 2.24) is 0 Å². The topological polar surface area (TPSA) is 17.1 Å². The maximum atomic E-state index is 13.1. The van der Waals surface area contributed by atoms with E-state index in [2.05, 4.69) is 0 Å². The molecule has 1 rings (SSSR count). The molecule has 0 aromatic rings. The lowest BCUT2D eigenvalue weighted by molar-refractivity contribution is -0.115. The number of ketones is 1. The van der Waals surface area contributed by atoms with E-state index < -0.39 is 41.8 Å². The van der Waals surface area contributed by atoms with Crippen LogP contribution in [0.4, 0.5) is 17.6 Å². The Kier molecular flexibility index (Phi) is 1.09. The summed E-state index contributed by atoms with van der Waals surface area (Å²) in [6.45, 7) is -3.68. The SMILES string of the molecule is [2H]C([2H])([2H])C1([2H])C(F)=C(F)C(=O)C(F)=C1F. The van der Waals surface area contributed by atoms with Crippen molar-refractivity contribution in [3.63, 3.8) is 0 Å². The zero-order valence-corrected chi connectivity index (χ0v) is 5.42. The second-order valence-electron chi connectivity index (χ2n) is 1.96. The van der Waals surface area contributed by atoms with E-state index in [-0.39, 0.29) is 0 Å². The molecule has 0 unspecified atom stereocenters. The molecule has 5 heteroatoms. The lowest BCUT2D eigenvalue weighted by Crippen LogP contribution is -2.14. The molecular formula is C7H4F4O. The standard InChI is InChI=1S/C7H4F4O/c1-2-3(8)5(10)7(12)6(11)4(2)9/h2H,1H3/i1D3,2D. The number of carbonyl (C=O) groups is 1. The molecule has 0 aromatic carbocycles. The van der Waals surface area contributed by atoms with Gasteiger partial charge in [0.15, 0.2) is 0 Å². The minimum Gasteiger partial charge on any atom is -0.283 e. The van der Waals surface area contributed by atoms with Crippen LogP contribution >= 0.6 is 0 Å². The molecule has 0 saturated carbocycles. The number of hydrogen-bond acceptors (Lipinski definition) is 1. The number of Topliss-reactive ketones (excluding diaryl/α,β-unsaturated/α-hetero) is 1. The van der Waals surface area contributed by atoms with Gasteiger partial charge in [-0.1, -0.05) is 0 Å². The van der Waals surface area contributed by atoms with Gasteiger partial charge in [0.05, 0.1) is 5.89 Å². The summed E-state index contributed by atoms with van der Waals surface area (Å²) in [7, 11) is 0. The van der Waals surface area contributed by atoms with Gasteiger partial charge in [-0.25, -0.2) is 8.78 Å². The Hall–Kier alpha value is -1.13. The van der Waals surface area contributed by atoms with Crippen LogP contribution < -0.4 is 0 Å². The highest BCUT2D eigenvalue weighted by molar-refractivity contribution is 6.06. The van der Waals surface area contributed by atoms with Crippen molar-refractivity contribution in [2.24, 2.45) is 5.89 Å². The normalized spacial score (nSPS) is 29.5. The predicted molar refractivity (Wildman–Crippen MR) is 32.7 cm³/mol. The summed E-state index contributed by atoms with van der Waals surface area (Å²) in [5.74, 6) is -15.8. The van der Waals surface area contributed by atoms with Crippen LogP contribution in [0.15, 0.2) is 23.3 Å². The zero-order chi connectivity index (χ0) is 12.9. The summed E-state index contributed by atoms with van der Waals surface area (Å²) in [6, 6.07) is 0. The Balaban J connectivity index is 3.57. The van der Waals surface area contributed by atoms with E-state index in [9.17, 15) is 22.4 Å². The van der Waals surface area contributed by atoms with E-state index in [4.69, 9.17) is 5.48 Å². The first kappa shape index (κ1) is 4.79. The first-order valence-electron chi connectivity index (χ1n) is 4.71. The van der Waals surface area contributed by atoms with E-state index in [1.54, 1.807) is 0 Å². The van der Waals surface area contributed by atoms with Crippen LogP contribution in [0.25, 0.3) is 0 Å². The molecule has 1 aliphatic rings. The van der Waals surface area contributed by atoms with Gasteiger partial charge in [0.2, 0.25) is 11.7 Å². The Morgan fingerprint density at radius 2 is 1.67 bits per heavy atom. The number of rotatable bonds is 0. The average molecular weight is 184 g/mol. The Bertz CT molecular complexity index is 395. The molecule has 66 valence electrons. The van der Waals surface area contributed by atoms with Crippen LogP contribution in [0.2, 0.25) is 0 Å². The number of hydrogen-bond donors (Lipinski definition) is 0. The average Bonchev–Trinajstić information content (AvgIpc) is 2.19. The van der Waals surface area contributed by atoms with Crippen molar-refractivity contribution in [2.75, 3.05) is 0 Å². The molecule has 1 aliphatic carbocycles. The van der Waals surface area contributed by atoms with E-state index in [0.717, 1.165) is 0 Å². The molecule has 0 fully saturated rings. The van der Waals surface area contributed by atoms with Gasteiger partial charge >= 0.3 is 0 Å². The summed E-state index contributed by atoms with van der Waals surface area (Å²) in [4.78, 5) is 10.5. The predicted octanol–water partition coefficient (Wildman–Crippen LogP) is 2.51. The van der Waals surface area contributed by atoms with Crippen molar-refractivity contribution >= 4 is 5.78 Å². The summed E-state index contributed by atoms with van der Waals surface area (Å²) >= 11 is 0. The molecule has 0 radical (unpaired) electrons. The Labute approximate surface area is 71.0 Å². The largest absolute Gasteiger partial charge is 0.283 e. The second kappa shape index (κ2) is 2.73. The van der Waals surface area contributed by atoms with Crippen LogP contribution in [0, 0.1) is 5.89 Å². The lowest BCUT2D eigenvalue weighted by atomic mass is 10.0. The van der Waals surface area contributed by atoms with Crippen LogP contribution in [-0.2, 0) is 4.79 Å². The molecule has 12 heavy (non-hydrogen) atoms. The number of halogens is 4. The molecule has 0 aliphatic heterocycles. The first-order valence-corrected chi connectivity index (χ1v) is 2.71. The Morgan fingerprint density at radius 3 is 2.00 bits per heavy atom. The van der Waals surface area contributed by atoms with Crippen molar-refractivity contribution < 1.29 is 27.8 Å². The van der Waals surface area contributed by atoms with Crippen LogP contribution in [-0.4, -0.2) is 5.78 Å². The quantitative estimate of drug-likeness (QED) is 0.528. The minimum atomic E-state index is -3.84. The summed E-state index contributed by atoms with van der Waals surface area (Å²) in [5.41, 5.74) is 0. The van der Waals surface area contributed by atoms with E-state index in [0.29, 0.717) is 0 Å². The number of carbonyl (C=O) groups excluding carboxylic acids is 1. The molecule has 0 heterocycles. The maximum Gasteiger partial charge on any atom is 0.255 e. The minimum absolute atomic E-state index is 2.23. The van der Waals surface area contributed by atoms with E-state index in [1.165, 1.54) is 0 Å². The molecule has 0 bridgehead atoms. The van der Waals surface area contributed by atoms with Gasteiger partial charge in [0, 0.05) is 5.48 Å². The first-order chi connectivity index (χ1) is 7.05. The summed E-state index contributed by atoms with van der Waals surface area (Å²) in [6.07, 6.45) is 0. The molecule has 0 N–H and O–H groups in total. The highest BCUT2D eigenvalue weighted by atomic mass is 19.2. The van der Waals surface area contributed by atoms with Crippen LogP contribution in [0.1, 0.15) is 12.3 Å². The van der Waals surface area contributed by atoms with Gasteiger partial charge in [-0.2, -0.15) is 8.78 Å². The summed E-state index contributed by atoms with van der Waals surface area (Å²) < 4.78 is 78.7. The fourth-order valence-corrected chi connectivity index (χ4v) is 0.612. The maximum absolute atomic E-state index is 13.1. The zero-order valence-electron chi connectivity index (χ0n) is 9.42. The molecule has 0 aromatic heterocycles. The number of allylic oxidation sites excluding steroid dienone is 4. The van der Waals surface area contributed by atoms with Gasteiger partial charge in [-0.05, 0) is 6.85 Å². The fourth-order valence-electron chi connectivity index (χ4n) is 0.612. The van der Waals surface area contributed by atoms with Crippen molar-refractivity contribution in [3.05, 3.63) is 23.3 Å². The van der Waals surface area contributed by atoms with Crippen molar-refractivity contribution in [1.29, 1.82) is 0 Å². The highest BCUT2D eigenvalue weighted by Gasteiger charge is 2.35. The fraction of sp³-hybridized carbons (Fsp3) is 0.286. The van der Waals surface area contributed by atoms with Gasteiger partial charge in [0.25, 0.3) is 5.78 Å². The lowest BCUT2D eigenvalue weighted by Gasteiger charge is -2.12. The van der Waals surface area contributed by atoms with E-state index in [1.807, 2.05) is 0 Å². The van der Waals surface area contributed by atoms with Gasteiger partial charge in [-0.3, -0.25) is 4.79 Å². The molecule has 0 saturated heterocycles. The van der Waals surface area contributed by atoms with Gasteiger partial charge in [0.1, 0.15) is 11.7 Å². The highest BCUT2D eigenvalue weighted by Crippen LogP contribution is 2.35. The smallest absolute Gasteiger partial charge is 0.255 e. The van der Waals surface area contributed by atoms with Crippen LogP contribution in [0.5, 0.6) is 0 Å². The van der Waals surface area contributed by atoms with Crippen molar-refractivity contribution in [3.8, 4) is 0 Å². The van der Waals surface area contributed by atoms with E-state index >= 15 is 0 Å². The van der Waals surface area contributed by atoms with Gasteiger partial charge in [-0.15, -0.1) is 0 Å². The third-order valence-corrected chi connectivity index (χ3v) is 1.22. The molecular weight excluding hydrogens is 176 g/mol. The summed E-state index contributed by atoms with van der Waals surface area (Å²) in [5, 5.41) is 0. The molecule has 0 amide bonds. The third-order valence-electron chi connectivity index (χ3n) is 1.22. The van der Waals surface area contributed by atoms with Gasteiger partial charge < -0.3 is 0 Å². The van der Waals surface area contributed by atoms with Crippen LogP contribution in [0.3, 0.4) is 0 Å². The molecule has 1 nitrogen and oxygen atoms in total. The van der Waals surface area contributed by atoms with Crippen molar-refractivity contribution in [2.45, 2.75) is 6.85 Å². The Morgan fingerprint density at radius 1 is 1.25 bits per heavy atom. The monoisotopic (exact) mass is 184 g/mol.